The van der Waals surface area contributed by atoms with E-state index in [0.29, 0.717) is 5.69 Å². The van der Waals surface area contributed by atoms with Crippen LogP contribution in [-0.4, -0.2) is 25.5 Å². The van der Waals surface area contributed by atoms with E-state index in [1.165, 1.54) is 12.4 Å². The van der Waals surface area contributed by atoms with E-state index in [1.807, 2.05) is 12.1 Å². The van der Waals surface area contributed by atoms with Gasteiger partial charge in [-0.2, -0.15) is 5.10 Å². The summed E-state index contributed by atoms with van der Waals surface area (Å²) in [6.45, 7) is 0. The molecule has 0 saturated carbocycles. The van der Waals surface area contributed by atoms with Gasteiger partial charge in [0.05, 0.1) is 5.52 Å². The van der Waals surface area contributed by atoms with Gasteiger partial charge in [0.15, 0.2) is 0 Å². The molecule has 0 aliphatic carbocycles. The van der Waals surface area contributed by atoms with Crippen LogP contribution in [0.5, 0.6) is 0 Å². The molecular formula is C12H9N5O. The number of anilines is 1. The van der Waals surface area contributed by atoms with Crippen molar-refractivity contribution in [3.8, 4) is 0 Å². The summed E-state index contributed by atoms with van der Waals surface area (Å²) in [5, 5.41) is 6.81. The highest BCUT2D eigenvalue weighted by atomic mass is 16.2. The number of amides is 1. The van der Waals surface area contributed by atoms with Crippen LogP contribution in [0, 0.1) is 0 Å². The molecule has 0 aromatic carbocycles. The minimum atomic E-state index is -0.334. The van der Waals surface area contributed by atoms with Crippen LogP contribution < -0.4 is 5.32 Å². The Labute approximate surface area is 102 Å². The third-order valence-corrected chi connectivity index (χ3v) is 2.43. The van der Waals surface area contributed by atoms with Crippen molar-refractivity contribution in [2.45, 2.75) is 0 Å². The minimum Gasteiger partial charge on any atom is -0.319 e. The fourth-order valence-corrected chi connectivity index (χ4v) is 1.60. The number of carbonyl (C=O) groups is 1. The molecule has 0 saturated heterocycles. The number of carbonyl (C=O) groups excluding carboxylic acids is 1. The highest BCUT2D eigenvalue weighted by molar-refractivity contribution is 6.01. The number of aromatic nitrogens is 4. The van der Waals surface area contributed by atoms with Gasteiger partial charge in [-0.1, -0.05) is 0 Å². The third kappa shape index (κ3) is 1.91. The lowest BCUT2D eigenvalue weighted by Crippen LogP contribution is -2.15. The molecule has 0 unspecified atom stereocenters. The molecule has 0 atom stereocenters. The van der Waals surface area contributed by atoms with Crippen LogP contribution in [0.2, 0.25) is 0 Å². The summed E-state index contributed by atoms with van der Waals surface area (Å²) < 4.78 is 1.72. The monoisotopic (exact) mass is 239 g/mol. The zero-order valence-corrected chi connectivity index (χ0v) is 9.32. The Morgan fingerprint density at radius 3 is 2.83 bits per heavy atom. The second kappa shape index (κ2) is 4.25. The van der Waals surface area contributed by atoms with E-state index >= 15 is 0 Å². The van der Waals surface area contributed by atoms with Crippen molar-refractivity contribution < 1.29 is 4.79 Å². The van der Waals surface area contributed by atoms with Gasteiger partial charge in [-0.05, 0) is 24.3 Å². The predicted octanol–water partition coefficient (Wildman–Crippen LogP) is 1.38. The molecule has 0 aliphatic heterocycles. The fourth-order valence-electron chi connectivity index (χ4n) is 1.60. The maximum atomic E-state index is 11.8. The summed E-state index contributed by atoms with van der Waals surface area (Å²) in [4.78, 5) is 19.6. The SMILES string of the molecule is O=C(Nc1ccn2nccc2c1)c1ncccn1. The quantitative estimate of drug-likeness (QED) is 0.733. The van der Waals surface area contributed by atoms with Crippen LogP contribution in [0.25, 0.3) is 5.52 Å². The number of fused-ring (bicyclic) bond motifs is 1. The molecule has 1 amide bonds. The van der Waals surface area contributed by atoms with Crippen LogP contribution in [0.3, 0.4) is 0 Å². The molecule has 3 rings (SSSR count). The van der Waals surface area contributed by atoms with Crippen molar-refractivity contribution in [3.63, 3.8) is 0 Å². The van der Waals surface area contributed by atoms with Crippen molar-refractivity contribution in [1.82, 2.24) is 19.6 Å². The average molecular weight is 239 g/mol. The van der Waals surface area contributed by atoms with Crippen LogP contribution in [0.4, 0.5) is 5.69 Å². The van der Waals surface area contributed by atoms with E-state index in [1.54, 1.807) is 29.0 Å². The van der Waals surface area contributed by atoms with Gasteiger partial charge in [0.2, 0.25) is 5.82 Å². The maximum Gasteiger partial charge on any atom is 0.293 e. The number of hydrogen-bond acceptors (Lipinski definition) is 4. The second-order valence-electron chi connectivity index (χ2n) is 3.64. The first-order valence-corrected chi connectivity index (χ1v) is 5.35. The molecule has 0 aliphatic rings. The lowest BCUT2D eigenvalue weighted by Gasteiger charge is -2.04. The van der Waals surface area contributed by atoms with Gasteiger partial charge in [0, 0.05) is 30.5 Å². The van der Waals surface area contributed by atoms with Gasteiger partial charge in [0.25, 0.3) is 5.91 Å². The number of nitrogens with zero attached hydrogens (tertiary/aromatic N) is 4. The molecule has 0 fully saturated rings. The van der Waals surface area contributed by atoms with E-state index in [9.17, 15) is 4.79 Å². The van der Waals surface area contributed by atoms with Gasteiger partial charge < -0.3 is 5.32 Å². The molecule has 18 heavy (non-hydrogen) atoms. The molecule has 3 aromatic rings. The first kappa shape index (κ1) is 10.4. The predicted molar refractivity (Wildman–Crippen MR) is 65.2 cm³/mol. The summed E-state index contributed by atoms with van der Waals surface area (Å²) >= 11 is 0. The van der Waals surface area contributed by atoms with Gasteiger partial charge in [-0.3, -0.25) is 4.79 Å². The lowest BCUT2D eigenvalue weighted by molar-refractivity contribution is 0.101. The van der Waals surface area contributed by atoms with E-state index in [-0.39, 0.29) is 11.7 Å². The molecule has 0 bridgehead atoms. The zero-order valence-electron chi connectivity index (χ0n) is 9.32. The van der Waals surface area contributed by atoms with Crippen molar-refractivity contribution in [2.24, 2.45) is 0 Å². The third-order valence-electron chi connectivity index (χ3n) is 2.43. The Bertz CT molecular complexity index is 692. The summed E-state index contributed by atoms with van der Waals surface area (Å²) in [5.41, 5.74) is 1.59. The van der Waals surface area contributed by atoms with E-state index < -0.39 is 0 Å². The summed E-state index contributed by atoms with van der Waals surface area (Å²) in [6.07, 6.45) is 6.53. The van der Waals surface area contributed by atoms with Crippen LogP contribution >= 0.6 is 0 Å². The molecule has 3 heterocycles. The molecular weight excluding hydrogens is 230 g/mol. The fraction of sp³-hybridized carbons (Fsp3) is 0. The summed E-state index contributed by atoms with van der Waals surface area (Å²) in [5.74, 6) is -0.189. The van der Waals surface area contributed by atoms with Gasteiger partial charge in [0.1, 0.15) is 0 Å². The number of rotatable bonds is 2. The largest absolute Gasteiger partial charge is 0.319 e. The highest BCUT2D eigenvalue weighted by Crippen LogP contribution is 2.11. The first-order valence-electron chi connectivity index (χ1n) is 5.35. The van der Waals surface area contributed by atoms with Crippen molar-refractivity contribution >= 4 is 17.1 Å². The minimum absolute atomic E-state index is 0.144. The van der Waals surface area contributed by atoms with Crippen molar-refractivity contribution in [2.75, 3.05) is 5.32 Å². The van der Waals surface area contributed by atoms with Crippen molar-refractivity contribution in [1.29, 1.82) is 0 Å². The molecule has 6 heteroatoms. The number of pyridine rings is 1. The summed E-state index contributed by atoms with van der Waals surface area (Å²) in [6, 6.07) is 7.11. The first-order chi connectivity index (χ1) is 8.83. The highest BCUT2D eigenvalue weighted by Gasteiger charge is 2.08. The number of hydrogen-bond donors (Lipinski definition) is 1. The molecule has 1 N–H and O–H groups in total. The molecule has 0 spiro atoms. The topological polar surface area (TPSA) is 72.2 Å². The maximum absolute atomic E-state index is 11.8. The van der Waals surface area contributed by atoms with Crippen LogP contribution in [0.1, 0.15) is 10.6 Å². The lowest BCUT2D eigenvalue weighted by atomic mass is 10.3. The number of nitrogens with one attached hydrogen (secondary N) is 1. The van der Waals surface area contributed by atoms with E-state index in [2.05, 4.69) is 20.4 Å². The van der Waals surface area contributed by atoms with Crippen LogP contribution in [0.15, 0.2) is 49.1 Å². The average Bonchev–Trinajstić information content (AvgIpc) is 2.87. The molecule has 0 radical (unpaired) electrons. The van der Waals surface area contributed by atoms with Crippen LogP contribution in [-0.2, 0) is 0 Å². The Kier molecular flexibility index (Phi) is 2.45. The van der Waals surface area contributed by atoms with E-state index in [0.717, 1.165) is 5.52 Å². The second-order valence-corrected chi connectivity index (χ2v) is 3.64. The van der Waals surface area contributed by atoms with Gasteiger partial charge >= 0.3 is 0 Å². The Morgan fingerprint density at radius 1 is 1.17 bits per heavy atom. The zero-order chi connectivity index (χ0) is 12.4. The molecule has 3 aromatic heterocycles. The van der Waals surface area contributed by atoms with Gasteiger partial charge in [-0.25, -0.2) is 14.5 Å². The Morgan fingerprint density at radius 2 is 2.00 bits per heavy atom. The standard InChI is InChI=1S/C12H9N5O/c18-12(11-13-4-1-5-14-11)16-9-3-7-17-10(8-9)2-6-15-17/h1-8H,(H,16,18). The summed E-state index contributed by atoms with van der Waals surface area (Å²) in [7, 11) is 0. The smallest absolute Gasteiger partial charge is 0.293 e. The van der Waals surface area contributed by atoms with Crippen molar-refractivity contribution in [3.05, 3.63) is 54.9 Å². The normalized spacial score (nSPS) is 10.4. The molecule has 6 nitrogen and oxygen atoms in total. The van der Waals surface area contributed by atoms with Gasteiger partial charge in [-0.15, -0.1) is 0 Å². The van der Waals surface area contributed by atoms with E-state index in [4.69, 9.17) is 0 Å². The Balaban J connectivity index is 1.86. The Hall–Kier alpha value is -2.76. The molecule has 88 valence electrons.